The number of hydrogen-bond donors (Lipinski definition) is 2. The summed E-state index contributed by atoms with van der Waals surface area (Å²) in [6, 6.07) is 2.74. The fourth-order valence-electron chi connectivity index (χ4n) is 3.45. The van der Waals surface area contributed by atoms with E-state index in [1.54, 1.807) is 6.92 Å². The molecule has 1 aromatic rings. The fourth-order valence-corrected chi connectivity index (χ4v) is 3.45. The molecule has 0 fully saturated rings. The zero-order valence-corrected chi connectivity index (χ0v) is 24.0. The van der Waals surface area contributed by atoms with Gasteiger partial charge in [0.15, 0.2) is 11.5 Å². The van der Waals surface area contributed by atoms with Crippen LogP contribution in [0.2, 0.25) is 0 Å². The van der Waals surface area contributed by atoms with Gasteiger partial charge in [-0.05, 0) is 42.4 Å². The number of carboxylic acid groups (broad SMARTS) is 1. The number of rotatable bonds is 17. The van der Waals surface area contributed by atoms with Crippen molar-refractivity contribution in [1.29, 1.82) is 0 Å². The second kappa shape index (κ2) is 18.7. The molecule has 40 heavy (non-hydrogen) atoms. The van der Waals surface area contributed by atoms with Crippen LogP contribution in [0.1, 0.15) is 78.2 Å². The molecule has 0 radical (unpaired) electrons. The highest BCUT2D eigenvalue weighted by atomic mass is 16.7. The van der Waals surface area contributed by atoms with Crippen molar-refractivity contribution in [1.82, 2.24) is 0 Å². The summed E-state index contributed by atoms with van der Waals surface area (Å²) >= 11 is 0. The second-order valence-electron chi connectivity index (χ2n) is 9.57. The van der Waals surface area contributed by atoms with Crippen LogP contribution in [0.3, 0.4) is 0 Å². The Balaban J connectivity index is 3.22. The smallest absolute Gasteiger partial charge is 0.480 e. The van der Waals surface area contributed by atoms with Gasteiger partial charge in [0.25, 0.3) is 0 Å². The molecule has 0 aliphatic carbocycles. The third-order valence-electron chi connectivity index (χ3n) is 6.11. The molecule has 1 aromatic carbocycles. The molecule has 0 heterocycles. The van der Waals surface area contributed by atoms with Crippen molar-refractivity contribution in [3.05, 3.63) is 23.8 Å². The van der Waals surface area contributed by atoms with Gasteiger partial charge in [-0.25, -0.2) is 14.4 Å². The highest BCUT2D eigenvalue weighted by molar-refractivity contribution is 5.75. The van der Waals surface area contributed by atoms with Gasteiger partial charge in [-0.2, -0.15) is 0 Å². The number of carbonyl (C=O) groups is 4. The van der Waals surface area contributed by atoms with E-state index in [4.69, 9.17) is 34.2 Å². The Kier molecular flexibility index (Phi) is 16.1. The molecule has 0 saturated heterocycles. The Hall–Kier alpha value is -3.54. The normalized spacial score (nSPS) is 13.8. The lowest BCUT2D eigenvalue weighted by atomic mass is 9.82. The lowest BCUT2D eigenvalue weighted by Gasteiger charge is -2.28. The lowest BCUT2D eigenvalue weighted by molar-refractivity contribution is -0.139. The Bertz CT molecular complexity index is 952. The van der Waals surface area contributed by atoms with E-state index in [9.17, 15) is 24.3 Å². The third-order valence-corrected chi connectivity index (χ3v) is 6.11. The summed E-state index contributed by atoms with van der Waals surface area (Å²) in [7, 11) is 0. The molecule has 0 aliphatic heterocycles. The van der Waals surface area contributed by atoms with Crippen LogP contribution in [0.15, 0.2) is 18.2 Å². The van der Waals surface area contributed by atoms with Crippen molar-refractivity contribution in [3.8, 4) is 11.5 Å². The topological polar surface area (TPSA) is 170 Å². The Morgan fingerprint density at radius 2 is 1.35 bits per heavy atom. The number of aliphatic carboxylic acids is 1. The summed E-state index contributed by atoms with van der Waals surface area (Å²) in [5, 5.41) is 9.68. The number of hydrogen-bond acceptors (Lipinski definition) is 11. The van der Waals surface area contributed by atoms with Crippen molar-refractivity contribution in [2.24, 2.45) is 17.6 Å². The second-order valence-corrected chi connectivity index (χ2v) is 9.57. The zero-order chi connectivity index (χ0) is 30.1. The first-order valence-electron chi connectivity index (χ1n) is 13.6. The predicted molar refractivity (Wildman–Crippen MR) is 144 cm³/mol. The monoisotopic (exact) mass is 569 g/mol. The van der Waals surface area contributed by atoms with E-state index in [0.29, 0.717) is 18.4 Å². The molecule has 0 amide bonds. The average Bonchev–Trinajstić information content (AvgIpc) is 2.92. The van der Waals surface area contributed by atoms with Gasteiger partial charge in [-0.3, -0.25) is 4.79 Å². The molecular weight excluding hydrogens is 526 g/mol. The quantitative estimate of drug-likeness (QED) is 0.102. The van der Waals surface area contributed by atoms with Crippen LogP contribution in [0.25, 0.3) is 0 Å². The predicted octanol–water partition coefficient (Wildman–Crippen LogP) is 5.65. The van der Waals surface area contributed by atoms with E-state index < -0.39 is 42.3 Å². The van der Waals surface area contributed by atoms with Gasteiger partial charge in [0.1, 0.15) is 6.04 Å². The van der Waals surface area contributed by atoms with Gasteiger partial charge in [0.05, 0.1) is 26.4 Å². The van der Waals surface area contributed by atoms with E-state index in [0.717, 1.165) is 19.3 Å². The number of benzene rings is 1. The molecule has 0 bridgehead atoms. The van der Waals surface area contributed by atoms with E-state index >= 15 is 0 Å². The lowest BCUT2D eigenvalue weighted by Crippen LogP contribution is -2.40. The van der Waals surface area contributed by atoms with Crippen LogP contribution in [0, 0.1) is 11.8 Å². The molecule has 226 valence electrons. The highest BCUT2D eigenvalue weighted by Gasteiger charge is 2.33. The number of ether oxygens (including phenoxy) is 6. The van der Waals surface area contributed by atoms with Crippen LogP contribution in [-0.4, -0.2) is 62.0 Å². The standard InChI is InChI=1S/C28H43NO11/c1-6-9-13-35-27(33)39-21-12-11-20(15-22(21)40-28(34)36-14-10-7-2)23(24(29)25(30)31)19(5)17-38-26(32)37-16-18(4)8-3/h11-12,15,18-19,23-24H,6-10,13-14,16-17,29H2,1-5H3,(H,30,31)/t18?,19?,23?,24-/m0/s1. The maximum absolute atomic E-state index is 12.3. The molecule has 0 aliphatic rings. The molecule has 0 aromatic heterocycles. The summed E-state index contributed by atoms with van der Waals surface area (Å²) in [4.78, 5) is 48.3. The van der Waals surface area contributed by atoms with Crippen LogP contribution < -0.4 is 15.2 Å². The van der Waals surface area contributed by atoms with E-state index in [-0.39, 0.29) is 43.8 Å². The largest absolute Gasteiger partial charge is 0.513 e. The Morgan fingerprint density at radius 3 is 1.88 bits per heavy atom. The van der Waals surface area contributed by atoms with Gasteiger partial charge < -0.3 is 39.3 Å². The highest BCUT2D eigenvalue weighted by Crippen LogP contribution is 2.36. The van der Waals surface area contributed by atoms with Crippen LogP contribution in [-0.2, 0) is 23.7 Å². The van der Waals surface area contributed by atoms with E-state index in [1.807, 2.05) is 27.7 Å². The van der Waals surface area contributed by atoms with Crippen LogP contribution in [0.4, 0.5) is 14.4 Å². The summed E-state index contributed by atoms with van der Waals surface area (Å²) < 4.78 is 30.9. The minimum atomic E-state index is -1.41. The number of unbranched alkanes of at least 4 members (excludes halogenated alkanes) is 2. The van der Waals surface area contributed by atoms with Crippen LogP contribution in [0.5, 0.6) is 11.5 Å². The number of nitrogens with two attached hydrogens (primary N) is 1. The van der Waals surface area contributed by atoms with Gasteiger partial charge in [0.2, 0.25) is 0 Å². The summed E-state index contributed by atoms with van der Waals surface area (Å²) in [6.07, 6.45) is 0.779. The van der Waals surface area contributed by atoms with Crippen molar-refractivity contribution >= 4 is 24.4 Å². The fraction of sp³-hybridized carbons (Fsp3) is 0.643. The molecule has 3 unspecified atom stereocenters. The van der Waals surface area contributed by atoms with Crippen molar-refractivity contribution < 1.29 is 52.7 Å². The summed E-state index contributed by atoms with van der Waals surface area (Å²) in [5.41, 5.74) is 6.36. The molecule has 4 atom stereocenters. The number of carbonyl (C=O) groups excluding carboxylic acids is 3. The van der Waals surface area contributed by atoms with E-state index in [2.05, 4.69) is 0 Å². The molecule has 12 nitrogen and oxygen atoms in total. The van der Waals surface area contributed by atoms with Gasteiger partial charge in [-0.1, -0.05) is 59.9 Å². The van der Waals surface area contributed by atoms with Gasteiger partial charge in [-0.15, -0.1) is 0 Å². The number of carboxylic acids is 1. The molecule has 1 rings (SSSR count). The van der Waals surface area contributed by atoms with Crippen molar-refractivity contribution in [3.63, 3.8) is 0 Å². The minimum absolute atomic E-state index is 0.123. The summed E-state index contributed by atoms with van der Waals surface area (Å²) in [6.45, 7) is 9.68. The average molecular weight is 570 g/mol. The maximum atomic E-state index is 12.3. The van der Waals surface area contributed by atoms with Gasteiger partial charge in [0, 0.05) is 5.92 Å². The summed E-state index contributed by atoms with van der Waals surface area (Å²) in [5.74, 6) is -2.97. The first-order valence-corrected chi connectivity index (χ1v) is 13.6. The SMILES string of the molecule is CCCCOC(=O)Oc1ccc(C(C(C)COC(=O)OCC(C)CC)[C@H](N)C(=O)O)cc1OC(=O)OCCCC. The van der Waals surface area contributed by atoms with Crippen molar-refractivity contribution in [2.75, 3.05) is 26.4 Å². The molecular formula is C28H43NO11. The van der Waals surface area contributed by atoms with E-state index in [1.165, 1.54) is 18.2 Å². The minimum Gasteiger partial charge on any atom is -0.480 e. The Morgan fingerprint density at radius 1 is 0.800 bits per heavy atom. The van der Waals surface area contributed by atoms with Crippen LogP contribution >= 0.6 is 0 Å². The molecule has 3 N–H and O–H groups in total. The molecule has 12 heteroatoms. The first-order chi connectivity index (χ1) is 19.0. The molecule has 0 spiro atoms. The maximum Gasteiger partial charge on any atom is 0.513 e. The third kappa shape index (κ3) is 12.5. The van der Waals surface area contributed by atoms with Crippen molar-refractivity contribution in [2.45, 2.75) is 78.7 Å². The van der Waals surface area contributed by atoms with Gasteiger partial charge >= 0.3 is 24.4 Å². The first kappa shape index (κ1) is 34.5. The Labute approximate surface area is 235 Å². The zero-order valence-electron chi connectivity index (χ0n) is 24.0. The molecule has 0 saturated carbocycles.